The lowest BCUT2D eigenvalue weighted by atomic mass is 9.90. The Morgan fingerprint density at radius 3 is 2.65 bits per heavy atom. The molecule has 0 aliphatic carbocycles. The third-order valence-electron chi connectivity index (χ3n) is 11.8. The number of pyridine rings is 1. The van der Waals surface area contributed by atoms with Gasteiger partial charge in [-0.25, -0.2) is 4.98 Å². The maximum atomic E-state index is 12.8. The highest BCUT2D eigenvalue weighted by Gasteiger charge is 2.44. The van der Waals surface area contributed by atoms with Gasteiger partial charge in [0.15, 0.2) is 5.82 Å². The summed E-state index contributed by atoms with van der Waals surface area (Å²) in [6.07, 6.45) is 7.04. The normalized spacial score (nSPS) is 23.0. The number of nitrogens with zero attached hydrogens (tertiary/aromatic N) is 7. The number of carbonyl (C=O) groups excluding carboxylic acids is 2. The predicted molar refractivity (Wildman–Crippen MR) is 201 cm³/mol. The molecule has 52 heavy (non-hydrogen) atoms. The fourth-order valence-corrected chi connectivity index (χ4v) is 9.12. The van der Waals surface area contributed by atoms with Crippen molar-refractivity contribution in [1.29, 1.82) is 0 Å². The van der Waals surface area contributed by atoms with Crippen LogP contribution in [0.4, 0.5) is 11.5 Å². The van der Waals surface area contributed by atoms with Crippen LogP contribution in [-0.4, -0.2) is 104 Å². The molecule has 3 aromatic heterocycles. The highest BCUT2D eigenvalue weighted by molar-refractivity contribution is 6.09. The Hall–Kier alpha value is -5.07. The Kier molecular flexibility index (Phi) is 8.31. The minimum atomic E-state index is -0.441. The van der Waals surface area contributed by atoms with Crippen LogP contribution in [0, 0.1) is 0 Å². The van der Waals surface area contributed by atoms with Gasteiger partial charge in [-0.15, -0.1) is 10.2 Å². The topological polar surface area (TPSA) is 132 Å². The Bertz CT molecular complexity index is 2180. The number of hydrogen-bond acceptors (Lipinski definition) is 10. The summed E-state index contributed by atoms with van der Waals surface area (Å²) >= 11 is 0. The van der Waals surface area contributed by atoms with Crippen molar-refractivity contribution in [1.82, 2.24) is 34.9 Å². The summed E-state index contributed by atoms with van der Waals surface area (Å²) in [5, 5.41) is 27.6. The molecule has 0 spiro atoms. The summed E-state index contributed by atoms with van der Waals surface area (Å²) in [5.41, 5.74) is 5.46. The highest BCUT2D eigenvalue weighted by atomic mass is 16.3. The van der Waals surface area contributed by atoms with E-state index in [0.717, 1.165) is 92.1 Å². The summed E-state index contributed by atoms with van der Waals surface area (Å²) in [5.74, 6) is 0.568. The first-order valence-corrected chi connectivity index (χ1v) is 18.7. The Labute approximate surface area is 302 Å². The maximum Gasteiger partial charge on any atom is 0.249 e. The first-order valence-electron chi connectivity index (χ1n) is 18.7. The number of aryl methyl sites for hydroxylation is 1. The van der Waals surface area contributed by atoms with Crippen molar-refractivity contribution in [3.63, 3.8) is 0 Å². The first-order chi connectivity index (χ1) is 25.3. The molecule has 0 saturated carbocycles. The number of piperazine rings is 1. The number of hydrogen-bond donors (Lipinski definition) is 3. The van der Waals surface area contributed by atoms with Gasteiger partial charge in [0, 0.05) is 61.2 Å². The Morgan fingerprint density at radius 1 is 0.942 bits per heavy atom. The number of aromatic hydroxyl groups is 1. The second-order valence-corrected chi connectivity index (χ2v) is 15.2. The van der Waals surface area contributed by atoms with Crippen molar-refractivity contribution in [2.75, 3.05) is 56.0 Å². The van der Waals surface area contributed by atoms with Crippen molar-refractivity contribution in [2.24, 2.45) is 0 Å². The van der Waals surface area contributed by atoms with Crippen LogP contribution < -0.4 is 15.5 Å². The van der Waals surface area contributed by atoms with E-state index in [1.807, 2.05) is 28.8 Å². The van der Waals surface area contributed by atoms with Crippen LogP contribution in [-0.2, 0) is 16.0 Å². The molecule has 2 amide bonds. The fourth-order valence-electron chi connectivity index (χ4n) is 9.12. The lowest BCUT2D eigenvalue weighted by molar-refractivity contribution is -0.135. The molecule has 2 unspecified atom stereocenters. The fraction of sp³-hybridized carbons (Fsp3) is 0.425. The van der Waals surface area contributed by atoms with E-state index in [1.54, 1.807) is 12.3 Å². The zero-order valence-corrected chi connectivity index (χ0v) is 29.6. The molecule has 9 rings (SSSR count). The number of imide groups is 1. The van der Waals surface area contributed by atoms with Crippen LogP contribution in [0.3, 0.4) is 0 Å². The molecule has 4 aliphatic heterocycles. The van der Waals surface area contributed by atoms with E-state index in [-0.39, 0.29) is 23.1 Å². The molecule has 0 bridgehead atoms. The Balaban J connectivity index is 0.811. The number of fused-ring (bicyclic) bond motifs is 6. The molecule has 268 valence electrons. The summed E-state index contributed by atoms with van der Waals surface area (Å²) in [6.45, 7) is 9.44. The van der Waals surface area contributed by atoms with E-state index in [4.69, 9.17) is 0 Å². The van der Waals surface area contributed by atoms with Crippen molar-refractivity contribution in [3.05, 3.63) is 72.4 Å². The van der Waals surface area contributed by atoms with E-state index in [1.165, 1.54) is 18.4 Å². The number of para-hydroxylation sites is 1. The van der Waals surface area contributed by atoms with E-state index in [9.17, 15) is 14.7 Å². The average molecular weight is 700 g/mol. The smallest absolute Gasteiger partial charge is 0.249 e. The number of amides is 2. The number of piperidine rings is 2. The number of nitrogens with one attached hydrogen (secondary N) is 2. The summed E-state index contributed by atoms with van der Waals surface area (Å²) < 4.78 is 2.02. The number of likely N-dealkylation sites (tertiary alicyclic amines) is 1. The second-order valence-electron chi connectivity index (χ2n) is 15.2. The van der Waals surface area contributed by atoms with Crippen LogP contribution in [0.25, 0.3) is 33.2 Å². The van der Waals surface area contributed by atoms with E-state index in [0.29, 0.717) is 30.1 Å². The summed E-state index contributed by atoms with van der Waals surface area (Å²) in [7, 11) is 0. The standard InChI is InChI=1S/C40H45N9O3/c1-40-24-42-37-34(23-31(44-45-37)29-7-2-3-9-35(29)50)48(40)21-20-47(25-40)27-14-18-46(19-15-27)17-5-6-26-10-11-32-30(22-26)28-8-4-16-41-38(28)49(32)33-12-13-36(51)43-39(33)52/h2-4,7-11,16,22-23,27,33,50H,5-6,12-15,17-21,24-25H2,1H3,(H,42,45)(H,43,51,52). The maximum absolute atomic E-state index is 12.8. The van der Waals surface area contributed by atoms with Gasteiger partial charge in [0.05, 0.1) is 22.4 Å². The SMILES string of the molecule is CC12CNc3nnc(-c4ccccc4O)cc3N1CCN(C1CCN(CCCc3ccc4c(c3)c3cccnc3n4C3CCC(=O)NC3=O)CC1)C2. The molecule has 3 N–H and O–H groups in total. The number of carbonyl (C=O) groups is 2. The van der Waals surface area contributed by atoms with Crippen LogP contribution in [0.5, 0.6) is 5.75 Å². The molecule has 12 heteroatoms. The third-order valence-corrected chi connectivity index (χ3v) is 11.8. The van der Waals surface area contributed by atoms with Gasteiger partial charge in [0.2, 0.25) is 11.8 Å². The predicted octanol–water partition coefficient (Wildman–Crippen LogP) is 4.73. The van der Waals surface area contributed by atoms with Crippen molar-refractivity contribution < 1.29 is 14.7 Å². The molecule has 3 saturated heterocycles. The van der Waals surface area contributed by atoms with Crippen molar-refractivity contribution >= 4 is 45.3 Å². The number of aromatic nitrogens is 4. The minimum absolute atomic E-state index is 0.0627. The molecule has 2 aromatic carbocycles. The number of rotatable bonds is 7. The molecule has 0 radical (unpaired) electrons. The van der Waals surface area contributed by atoms with E-state index < -0.39 is 6.04 Å². The summed E-state index contributed by atoms with van der Waals surface area (Å²) in [4.78, 5) is 37.2. The first kappa shape index (κ1) is 32.8. The van der Waals surface area contributed by atoms with Gasteiger partial charge in [0.25, 0.3) is 0 Å². The molecule has 7 heterocycles. The van der Waals surface area contributed by atoms with Gasteiger partial charge in [-0.1, -0.05) is 18.2 Å². The van der Waals surface area contributed by atoms with E-state index >= 15 is 0 Å². The molecular weight excluding hydrogens is 655 g/mol. The van der Waals surface area contributed by atoms with Crippen molar-refractivity contribution in [3.8, 4) is 17.0 Å². The van der Waals surface area contributed by atoms with Crippen LogP contribution >= 0.6 is 0 Å². The van der Waals surface area contributed by atoms with Crippen LogP contribution in [0.15, 0.2) is 66.9 Å². The molecule has 4 aliphatic rings. The van der Waals surface area contributed by atoms with E-state index in [2.05, 4.69) is 77.8 Å². The van der Waals surface area contributed by atoms with Gasteiger partial charge in [-0.05, 0) is 107 Å². The molecule has 5 aromatic rings. The molecule has 3 fully saturated rings. The van der Waals surface area contributed by atoms with Gasteiger partial charge < -0.3 is 24.8 Å². The largest absolute Gasteiger partial charge is 0.507 e. The molecule has 2 atom stereocenters. The molecule has 12 nitrogen and oxygen atoms in total. The second kappa shape index (κ2) is 13.2. The van der Waals surface area contributed by atoms with Gasteiger partial charge in [-0.3, -0.25) is 19.8 Å². The monoisotopic (exact) mass is 699 g/mol. The zero-order chi connectivity index (χ0) is 35.4. The van der Waals surface area contributed by atoms with Gasteiger partial charge in [-0.2, -0.15) is 0 Å². The van der Waals surface area contributed by atoms with Crippen LogP contribution in [0.2, 0.25) is 0 Å². The lowest BCUT2D eigenvalue weighted by Gasteiger charge is -2.55. The zero-order valence-electron chi connectivity index (χ0n) is 29.6. The highest BCUT2D eigenvalue weighted by Crippen LogP contribution is 2.40. The minimum Gasteiger partial charge on any atom is -0.507 e. The number of phenols is 1. The van der Waals surface area contributed by atoms with Gasteiger partial charge >= 0.3 is 0 Å². The Morgan fingerprint density at radius 2 is 1.81 bits per heavy atom. The summed E-state index contributed by atoms with van der Waals surface area (Å²) in [6, 6.07) is 20.1. The lowest BCUT2D eigenvalue weighted by Crippen LogP contribution is -2.67. The third kappa shape index (κ3) is 5.83. The quantitative estimate of drug-likeness (QED) is 0.205. The molecular formula is C40H45N9O3. The number of benzene rings is 2. The average Bonchev–Trinajstić information content (AvgIpc) is 3.48. The number of anilines is 2. The van der Waals surface area contributed by atoms with Crippen molar-refractivity contribution in [2.45, 2.75) is 63.1 Å². The van der Waals surface area contributed by atoms with Crippen LogP contribution in [0.1, 0.15) is 50.6 Å². The number of phenolic OH excluding ortho intramolecular Hbond substituents is 1. The van der Waals surface area contributed by atoms with Gasteiger partial charge in [0.1, 0.15) is 17.4 Å².